The van der Waals surface area contributed by atoms with Crippen LogP contribution in [0.25, 0.3) is 0 Å². The summed E-state index contributed by atoms with van der Waals surface area (Å²) >= 11 is 0. The van der Waals surface area contributed by atoms with Gasteiger partial charge in [-0.1, -0.05) is 168 Å². The number of rotatable bonds is 33. The molecule has 0 spiro atoms. The number of amides is 1. The van der Waals surface area contributed by atoms with E-state index in [1.165, 1.54) is 135 Å². The van der Waals surface area contributed by atoms with Gasteiger partial charge in [-0.3, -0.25) is 9.59 Å². The Balaban J connectivity index is 2.43. The van der Waals surface area contributed by atoms with Crippen LogP contribution in [0, 0.1) is 5.92 Å². The van der Waals surface area contributed by atoms with Crippen LogP contribution < -0.4 is 5.32 Å². The molecule has 1 heterocycles. The highest BCUT2D eigenvalue weighted by Crippen LogP contribution is 2.25. The molecule has 0 aromatic heterocycles. The lowest BCUT2D eigenvalue weighted by Crippen LogP contribution is -2.44. The molecule has 8 heteroatoms. The van der Waals surface area contributed by atoms with Gasteiger partial charge in [0.1, 0.15) is 24.4 Å². The van der Waals surface area contributed by atoms with Crippen molar-refractivity contribution in [3.05, 3.63) is 0 Å². The SMILES string of the molecule is CCCCCCCCCCCCCCC(CCCCCCCCCCCCCC)C(=O)N[C@H]([C]=O)COC1O[C@H]([C@H](C)O)[C@@H](O)[C@@H]1O. The van der Waals surface area contributed by atoms with Crippen molar-refractivity contribution >= 4 is 12.2 Å². The van der Waals surface area contributed by atoms with E-state index in [0.29, 0.717) is 0 Å². The molecule has 1 radical (unpaired) electrons. The quantitative estimate of drug-likeness (QED) is 0.0519. The molecule has 4 N–H and O–H groups in total. The molecule has 0 saturated carbocycles. The van der Waals surface area contributed by atoms with Crippen LogP contribution in [0.2, 0.25) is 0 Å². The van der Waals surface area contributed by atoms with E-state index in [1.54, 1.807) is 0 Å². The van der Waals surface area contributed by atoms with E-state index in [2.05, 4.69) is 19.2 Å². The molecule has 0 aromatic carbocycles. The van der Waals surface area contributed by atoms with Crippen LogP contribution in [0.5, 0.6) is 0 Å². The van der Waals surface area contributed by atoms with Crippen molar-refractivity contribution in [1.29, 1.82) is 0 Å². The van der Waals surface area contributed by atoms with Gasteiger partial charge in [0, 0.05) is 5.92 Å². The largest absolute Gasteiger partial charge is 0.391 e. The standard InChI is InChI=1S/C39H74NO7/c1-4-6-8-10-12-14-16-18-20-22-24-26-28-33(29-27-25-23-21-19-17-15-13-11-9-7-5-2)38(45)40-34(30-41)31-46-39-36(44)35(43)37(47-39)32(3)42/h32-37,39,42-44H,4-29,31H2,1-3H3,(H,40,45)/t32-,34+,35-,36-,37+,39?/m0/s1. The normalized spacial score (nSPS) is 20.9. The van der Waals surface area contributed by atoms with E-state index in [4.69, 9.17) is 9.47 Å². The van der Waals surface area contributed by atoms with Crippen molar-refractivity contribution in [3.63, 3.8) is 0 Å². The minimum absolute atomic E-state index is 0.150. The molecule has 0 bridgehead atoms. The molecule has 1 aliphatic rings. The highest BCUT2D eigenvalue weighted by Gasteiger charge is 2.45. The van der Waals surface area contributed by atoms with E-state index in [0.717, 1.165) is 38.5 Å². The highest BCUT2D eigenvalue weighted by molar-refractivity contribution is 5.81. The average molecular weight is 669 g/mol. The molecular formula is C39H74NO7. The number of aliphatic hydroxyl groups is 3. The van der Waals surface area contributed by atoms with Crippen molar-refractivity contribution in [2.24, 2.45) is 5.92 Å². The number of aliphatic hydroxyl groups excluding tert-OH is 3. The molecule has 0 aromatic rings. The minimum Gasteiger partial charge on any atom is -0.391 e. The van der Waals surface area contributed by atoms with Crippen molar-refractivity contribution in [2.45, 2.75) is 224 Å². The summed E-state index contributed by atoms with van der Waals surface area (Å²) in [5, 5.41) is 32.9. The number of nitrogens with one attached hydrogen (secondary N) is 1. The smallest absolute Gasteiger partial charge is 0.225 e. The molecule has 8 nitrogen and oxygen atoms in total. The monoisotopic (exact) mass is 669 g/mol. The van der Waals surface area contributed by atoms with Gasteiger partial charge in [-0.2, -0.15) is 0 Å². The first kappa shape index (κ1) is 44.0. The van der Waals surface area contributed by atoms with Gasteiger partial charge in [0.25, 0.3) is 0 Å². The molecule has 1 fully saturated rings. The zero-order valence-corrected chi connectivity index (χ0v) is 30.6. The van der Waals surface area contributed by atoms with Gasteiger partial charge >= 0.3 is 0 Å². The van der Waals surface area contributed by atoms with Crippen LogP contribution in [-0.2, 0) is 19.1 Å². The van der Waals surface area contributed by atoms with E-state index in [9.17, 15) is 24.9 Å². The van der Waals surface area contributed by atoms with Crippen LogP contribution in [0.3, 0.4) is 0 Å². The van der Waals surface area contributed by atoms with Gasteiger partial charge in [0.05, 0.1) is 12.7 Å². The zero-order chi connectivity index (χ0) is 34.5. The molecule has 1 aliphatic heterocycles. The molecule has 1 saturated heterocycles. The molecule has 1 amide bonds. The van der Waals surface area contributed by atoms with Gasteiger partial charge < -0.3 is 30.1 Å². The lowest BCUT2D eigenvalue weighted by atomic mass is 9.93. The molecular weight excluding hydrogens is 594 g/mol. The van der Waals surface area contributed by atoms with E-state index < -0.39 is 36.7 Å². The van der Waals surface area contributed by atoms with Crippen LogP contribution >= 0.6 is 0 Å². The summed E-state index contributed by atoms with van der Waals surface area (Å²) in [5.74, 6) is -0.310. The highest BCUT2D eigenvalue weighted by atomic mass is 16.7. The van der Waals surface area contributed by atoms with Crippen LogP contribution in [0.15, 0.2) is 0 Å². The molecule has 1 rings (SSSR count). The fourth-order valence-corrected chi connectivity index (χ4v) is 6.66. The van der Waals surface area contributed by atoms with Crippen LogP contribution in [0.4, 0.5) is 0 Å². The lowest BCUT2D eigenvalue weighted by Gasteiger charge is -2.22. The number of unbranched alkanes of at least 4 members (excludes halogenated alkanes) is 22. The fraction of sp³-hybridized carbons (Fsp3) is 0.949. The van der Waals surface area contributed by atoms with E-state index >= 15 is 0 Å². The first-order valence-electron chi connectivity index (χ1n) is 19.8. The Bertz CT molecular complexity index is 708. The van der Waals surface area contributed by atoms with Crippen LogP contribution in [-0.4, -0.2) is 70.9 Å². The summed E-state index contributed by atoms with van der Waals surface area (Å²) in [6, 6.07) is -1.01. The molecule has 1 unspecified atom stereocenters. The first-order valence-corrected chi connectivity index (χ1v) is 19.8. The van der Waals surface area contributed by atoms with Gasteiger partial charge in [0.2, 0.25) is 12.2 Å². The number of carbonyl (C=O) groups is 1. The first-order chi connectivity index (χ1) is 22.8. The van der Waals surface area contributed by atoms with Gasteiger partial charge in [-0.15, -0.1) is 0 Å². The summed E-state index contributed by atoms with van der Waals surface area (Å²) < 4.78 is 11.0. The third-order valence-electron chi connectivity index (χ3n) is 9.80. The van der Waals surface area contributed by atoms with Crippen molar-refractivity contribution in [3.8, 4) is 0 Å². The predicted molar refractivity (Wildman–Crippen MR) is 191 cm³/mol. The van der Waals surface area contributed by atoms with Crippen molar-refractivity contribution < 1.29 is 34.4 Å². The third-order valence-corrected chi connectivity index (χ3v) is 9.80. The number of carbonyl (C=O) groups excluding carboxylic acids is 2. The maximum Gasteiger partial charge on any atom is 0.225 e. The van der Waals surface area contributed by atoms with Crippen molar-refractivity contribution in [2.75, 3.05) is 6.61 Å². The average Bonchev–Trinajstić information content (AvgIpc) is 3.35. The van der Waals surface area contributed by atoms with Crippen LogP contribution in [0.1, 0.15) is 188 Å². The van der Waals surface area contributed by atoms with E-state index in [-0.39, 0.29) is 18.4 Å². The molecule has 6 atom stereocenters. The number of hydrogen-bond donors (Lipinski definition) is 4. The summed E-state index contributed by atoms with van der Waals surface area (Å²) in [6.45, 7) is 5.73. The molecule has 47 heavy (non-hydrogen) atoms. The second kappa shape index (κ2) is 29.8. The predicted octanol–water partition coefficient (Wildman–Crippen LogP) is 8.22. The Morgan fingerprint density at radius 1 is 0.681 bits per heavy atom. The number of hydrogen-bond acceptors (Lipinski definition) is 7. The Kier molecular flexibility index (Phi) is 27.9. The Labute approximate surface area is 288 Å². The Morgan fingerprint density at radius 3 is 1.40 bits per heavy atom. The summed E-state index contributed by atoms with van der Waals surface area (Å²) in [7, 11) is 0. The topological polar surface area (TPSA) is 125 Å². The van der Waals surface area contributed by atoms with Gasteiger partial charge in [-0.25, -0.2) is 0 Å². The minimum atomic E-state index is -1.36. The van der Waals surface area contributed by atoms with Gasteiger partial charge in [-0.05, 0) is 19.8 Å². The van der Waals surface area contributed by atoms with E-state index in [1.807, 2.05) is 6.29 Å². The summed E-state index contributed by atoms with van der Waals surface area (Å²) in [6.07, 6.45) is 28.2. The Hall–Kier alpha value is -1.06. The van der Waals surface area contributed by atoms with Gasteiger partial charge in [0.15, 0.2) is 6.29 Å². The molecule has 277 valence electrons. The summed E-state index contributed by atoms with van der Waals surface area (Å²) in [5.41, 5.74) is 0. The lowest BCUT2D eigenvalue weighted by molar-refractivity contribution is -0.177. The van der Waals surface area contributed by atoms with Crippen molar-refractivity contribution in [1.82, 2.24) is 5.32 Å². The zero-order valence-electron chi connectivity index (χ0n) is 30.6. The fourth-order valence-electron chi connectivity index (χ4n) is 6.66. The maximum atomic E-state index is 13.3. The number of ether oxygens (including phenoxy) is 2. The molecule has 0 aliphatic carbocycles. The third kappa shape index (κ3) is 21.6. The second-order valence-corrected chi connectivity index (χ2v) is 14.3. The Morgan fingerprint density at radius 2 is 1.06 bits per heavy atom. The second-order valence-electron chi connectivity index (χ2n) is 14.3. The summed E-state index contributed by atoms with van der Waals surface area (Å²) in [4.78, 5) is 25.1. The maximum absolute atomic E-state index is 13.3.